The van der Waals surface area contributed by atoms with Crippen LogP contribution in [0.3, 0.4) is 0 Å². The van der Waals surface area contributed by atoms with E-state index in [1.807, 2.05) is 44.2 Å². The number of aromatic nitrogens is 2. The first-order chi connectivity index (χ1) is 13.0. The SMILES string of the molecule is Cc1ccc2oc(-c3noc(C(=O)NCc4ccc(Cl)cc4)n3)c(C)c2c1. The first-order valence-corrected chi connectivity index (χ1v) is 8.75. The Morgan fingerprint density at radius 2 is 1.93 bits per heavy atom. The molecular weight excluding hydrogens is 366 g/mol. The number of hydrogen-bond acceptors (Lipinski definition) is 5. The van der Waals surface area contributed by atoms with Gasteiger partial charge in [0.2, 0.25) is 5.82 Å². The van der Waals surface area contributed by atoms with Gasteiger partial charge >= 0.3 is 11.8 Å². The fraction of sp³-hybridized carbons (Fsp3) is 0.150. The maximum atomic E-state index is 12.3. The molecule has 0 atom stereocenters. The standard InChI is InChI=1S/C20H16ClN3O3/c1-11-3-8-16-15(9-11)12(2)17(26-16)18-23-20(27-24-18)19(25)22-10-13-4-6-14(21)7-5-13/h3-9H,10H2,1-2H3,(H,22,25). The van der Waals surface area contributed by atoms with Crippen molar-refractivity contribution in [3.8, 4) is 11.6 Å². The van der Waals surface area contributed by atoms with Crippen molar-refractivity contribution in [1.29, 1.82) is 0 Å². The van der Waals surface area contributed by atoms with Crippen molar-refractivity contribution in [2.45, 2.75) is 20.4 Å². The van der Waals surface area contributed by atoms with Crippen molar-refractivity contribution in [3.63, 3.8) is 0 Å². The second-order valence-corrected chi connectivity index (χ2v) is 6.72. The van der Waals surface area contributed by atoms with Crippen LogP contribution in [0.4, 0.5) is 0 Å². The topological polar surface area (TPSA) is 81.2 Å². The van der Waals surface area contributed by atoms with Crippen LogP contribution in [0.25, 0.3) is 22.6 Å². The monoisotopic (exact) mass is 381 g/mol. The number of halogens is 1. The van der Waals surface area contributed by atoms with E-state index in [2.05, 4.69) is 15.5 Å². The number of hydrogen-bond donors (Lipinski definition) is 1. The molecule has 7 heteroatoms. The number of rotatable bonds is 4. The Hall–Kier alpha value is -3.12. The summed E-state index contributed by atoms with van der Waals surface area (Å²) in [5, 5.41) is 8.26. The zero-order valence-corrected chi connectivity index (χ0v) is 15.5. The van der Waals surface area contributed by atoms with Gasteiger partial charge in [-0.05, 0) is 43.7 Å². The summed E-state index contributed by atoms with van der Waals surface area (Å²) in [6.45, 7) is 4.27. The fourth-order valence-electron chi connectivity index (χ4n) is 2.82. The maximum absolute atomic E-state index is 12.3. The Morgan fingerprint density at radius 3 is 2.70 bits per heavy atom. The largest absolute Gasteiger partial charge is 0.452 e. The third kappa shape index (κ3) is 3.44. The van der Waals surface area contributed by atoms with Gasteiger partial charge in [0.05, 0.1) is 0 Å². The number of carbonyl (C=O) groups is 1. The number of furan rings is 1. The minimum Gasteiger partial charge on any atom is -0.452 e. The summed E-state index contributed by atoms with van der Waals surface area (Å²) in [5.41, 5.74) is 3.69. The van der Waals surface area contributed by atoms with E-state index in [9.17, 15) is 4.79 Å². The molecule has 0 fully saturated rings. The summed E-state index contributed by atoms with van der Waals surface area (Å²) in [5.74, 6) is 0.178. The van der Waals surface area contributed by atoms with Gasteiger partial charge in [-0.15, -0.1) is 0 Å². The summed E-state index contributed by atoms with van der Waals surface area (Å²) in [4.78, 5) is 16.4. The van der Waals surface area contributed by atoms with Gasteiger partial charge in [-0.2, -0.15) is 4.98 Å². The zero-order valence-electron chi connectivity index (χ0n) is 14.7. The molecule has 6 nitrogen and oxygen atoms in total. The van der Waals surface area contributed by atoms with Gasteiger partial charge in [0.25, 0.3) is 0 Å². The fourth-order valence-corrected chi connectivity index (χ4v) is 2.94. The van der Waals surface area contributed by atoms with E-state index in [1.54, 1.807) is 12.1 Å². The molecule has 0 aliphatic carbocycles. The molecule has 0 unspecified atom stereocenters. The molecule has 27 heavy (non-hydrogen) atoms. The van der Waals surface area contributed by atoms with Crippen LogP contribution in [-0.2, 0) is 6.54 Å². The van der Waals surface area contributed by atoms with E-state index in [1.165, 1.54) is 0 Å². The van der Waals surface area contributed by atoms with Crippen LogP contribution < -0.4 is 5.32 Å². The predicted molar refractivity (Wildman–Crippen MR) is 102 cm³/mol. The van der Waals surface area contributed by atoms with Crippen molar-refractivity contribution in [3.05, 3.63) is 70.1 Å². The Labute approximate surface area is 160 Å². The van der Waals surface area contributed by atoms with Gasteiger partial charge in [0, 0.05) is 22.5 Å². The quantitative estimate of drug-likeness (QED) is 0.555. The van der Waals surface area contributed by atoms with Crippen LogP contribution >= 0.6 is 11.6 Å². The lowest BCUT2D eigenvalue weighted by Gasteiger charge is -2.02. The normalized spacial score (nSPS) is 11.1. The average molecular weight is 382 g/mol. The van der Waals surface area contributed by atoms with Gasteiger partial charge in [0.1, 0.15) is 5.58 Å². The number of nitrogens with one attached hydrogen (secondary N) is 1. The smallest absolute Gasteiger partial charge is 0.316 e. The van der Waals surface area contributed by atoms with Gasteiger partial charge in [-0.1, -0.05) is 40.5 Å². The molecule has 2 heterocycles. The number of fused-ring (bicyclic) bond motifs is 1. The van der Waals surface area contributed by atoms with Gasteiger partial charge < -0.3 is 14.3 Å². The van der Waals surface area contributed by atoms with Crippen LogP contribution in [0, 0.1) is 13.8 Å². The number of amides is 1. The highest BCUT2D eigenvalue weighted by atomic mass is 35.5. The Morgan fingerprint density at radius 1 is 1.15 bits per heavy atom. The second-order valence-electron chi connectivity index (χ2n) is 6.29. The van der Waals surface area contributed by atoms with E-state index in [4.69, 9.17) is 20.5 Å². The summed E-state index contributed by atoms with van der Waals surface area (Å²) in [7, 11) is 0. The van der Waals surface area contributed by atoms with Crippen LogP contribution in [0.2, 0.25) is 5.02 Å². The van der Waals surface area contributed by atoms with Crippen molar-refractivity contribution >= 4 is 28.5 Å². The summed E-state index contributed by atoms with van der Waals surface area (Å²) < 4.78 is 11.0. The molecule has 136 valence electrons. The van der Waals surface area contributed by atoms with Crippen LogP contribution in [0.15, 0.2) is 51.4 Å². The lowest BCUT2D eigenvalue weighted by Crippen LogP contribution is -2.23. The van der Waals surface area contributed by atoms with Crippen molar-refractivity contribution in [2.75, 3.05) is 0 Å². The highest BCUT2D eigenvalue weighted by Gasteiger charge is 2.21. The summed E-state index contributed by atoms with van der Waals surface area (Å²) in [6, 6.07) is 13.1. The first-order valence-electron chi connectivity index (χ1n) is 8.38. The third-order valence-electron chi connectivity index (χ3n) is 4.28. The molecule has 0 aliphatic rings. The molecule has 4 rings (SSSR count). The molecular formula is C20H16ClN3O3. The number of carbonyl (C=O) groups excluding carboxylic acids is 1. The number of aryl methyl sites for hydroxylation is 2. The highest BCUT2D eigenvalue weighted by molar-refractivity contribution is 6.30. The van der Waals surface area contributed by atoms with E-state index in [0.29, 0.717) is 17.3 Å². The van der Waals surface area contributed by atoms with E-state index in [-0.39, 0.29) is 11.7 Å². The van der Waals surface area contributed by atoms with E-state index < -0.39 is 5.91 Å². The maximum Gasteiger partial charge on any atom is 0.316 e. The molecule has 4 aromatic rings. The van der Waals surface area contributed by atoms with Gasteiger partial charge in [-0.25, -0.2) is 0 Å². The zero-order chi connectivity index (χ0) is 19.0. The predicted octanol–water partition coefficient (Wildman–Crippen LogP) is 4.68. The van der Waals surface area contributed by atoms with Crippen molar-refractivity contribution in [2.24, 2.45) is 0 Å². The molecule has 0 saturated carbocycles. The van der Waals surface area contributed by atoms with Crippen LogP contribution in [0.5, 0.6) is 0 Å². The highest BCUT2D eigenvalue weighted by Crippen LogP contribution is 2.31. The first kappa shape index (κ1) is 17.3. The lowest BCUT2D eigenvalue weighted by molar-refractivity contribution is 0.0907. The molecule has 0 bridgehead atoms. The minimum atomic E-state index is -0.451. The van der Waals surface area contributed by atoms with Crippen LogP contribution in [-0.4, -0.2) is 16.0 Å². The third-order valence-corrected chi connectivity index (χ3v) is 4.53. The van der Waals surface area contributed by atoms with Crippen molar-refractivity contribution < 1.29 is 13.7 Å². The summed E-state index contributed by atoms with van der Waals surface area (Å²) >= 11 is 5.85. The Kier molecular flexibility index (Phi) is 4.41. The van der Waals surface area contributed by atoms with Crippen molar-refractivity contribution in [1.82, 2.24) is 15.5 Å². The molecule has 2 aromatic heterocycles. The molecule has 0 saturated heterocycles. The molecule has 0 radical (unpaired) electrons. The van der Waals surface area contributed by atoms with Crippen LogP contribution in [0.1, 0.15) is 27.4 Å². The summed E-state index contributed by atoms with van der Waals surface area (Å²) in [6.07, 6.45) is 0. The minimum absolute atomic E-state index is 0.116. The van der Waals surface area contributed by atoms with E-state index in [0.717, 1.165) is 27.7 Å². The molecule has 0 aliphatic heterocycles. The Balaban J connectivity index is 1.53. The van der Waals surface area contributed by atoms with E-state index >= 15 is 0 Å². The van der Waals surface area contributed by atoms with Gasteiger partial charge in [-0.3, -0.25) is 4.79 Å². The molecule has 1 amide bonds. The molecule has 1 N–H and O–H groups in total. The Bertz CT molecular complexity index is 1130. The second kappa shape index (κ2) is 6.89. The number of benzene rings is 2. The number of nitrogens with zero attached hydrogens (tertiary/aromatic N) is 2. The van der Waals surface area contributed by atoms with Gasteiger partial charge in [0.15, 0.2) is 5.76 Å². The average Bonchev–Trinajstić information content (AvgIpc) is 3.26. The molecule has 2 aromatic carbocycles. The molecule has 0 spiro atoms. The lowest BCUT2D eigenvalue weighted by atomic mass is 10.1.